The minimum absolute atomic E-state index is 0.190. The minimum Gasteiger partial charge on any atom is -0.480 e. The number of carbonyl (C=O) groups is 2. The predicted molar refractivity (Wildman–Crippen MR) is 115 cm³/mol. The fourth-order valence-corrected chi connectivity index (χ4v) is 4.00. The molecule has 33 heavy (non-hydrogen) atoms. The Hall–Kier alpha value is -2.82. The fraction of sp³-hybridized carbons (Fsp3) is 0.417. The second kappa shape index (κ2) is 10.9. The molecule has 2 aromatic carbocycles. The van der Waals surface area contributed by atoms with Crippen LogP contribution in [0.1, 0.15) is 24.3 Å². The molecule has 2 heterocycles. The van der Waals surface area contributed by atoms with Crippen LogP contribution in [0.4, 0.5) is 0 Å². The molecule has 0 unspecified atom stereocenters. The van der Waals surface area contributed by atoms with Crippen LogP contribution < -0.4 is 5.32 Å². The highest BCUT2D eigenvalue weighted by Crippen LogP contribution is 2.35. The third-order valence-corrected chi connectivity index (χ3v) is 5.44. The summed E-state index contributed by atoms with van der Waals surface area (Å²) in [6, 6.07) is 18.1. The highest BCUT2D eigenvalue weighted by atomic mass is 16.8. The van der Waals surface area contributed by atoms with Crippen molar-refractivity contribution in [3.05, 3.63) is 71.8 Å². The number of hydrogen-bond donors (Lipinski definition) is 2. The van der Waals surface area contributed by atoms with E-state index < -0.39 is 49.5 Å². The maximum Gasteiger partial charge on any atom is 0.329 e. The number of fused-ring (bicyclic) bond motifs is 1. The lowest BCUT2D eigenvalue weighted by molar-refractivity contribution is -0.349. The zero-order chi connectivity index (χ0) is 23.2. The van der Waals surface area contributed by atoms with Crippen LogP contribution in [-0.2, 0) is 39.9 Å². The number of benzene rings is 2. The summed E-state index contributed by atoms with van der Waals surface area (Å²) in [5, 5.41) is 12.0. The molecule has 0 aromatic heterocycles. The highest BCUT2D eigenvalue weighted by Gasteiger charge is 2.51. The number of rotatable bonds is 8. The molecule has 6 atom stereocenters. The van der Waals surface area contributed by atoms with Crippen molar-refractivity contribution in [2.45, 2.75) is 50.5 Å². The van der Waals surface area contributed by atoms with Gasteiger partial charge in [-0.2, -0.15) is 0 Å². The molecule has 9 heteroatoms. The van der Waals surface area contributed by atoms with Gasteiger partial charge in [-0.05, 0) is 5.56 Å². The lowest BCUT2D eigenvalue weighted by atomic mass is 9.95. The molecule has 0 aliphatic carbocycles. The van der Waals surface area contributed by atoms with E-state index in [0.29, 0.717) is 0 Å². The van der Waals surface area contributed by atoms with Gasteiger partial charge in [0.15, 0.2) is 12.6 Å². The molecule has 2 aliphatic rings. The number of carboxylic acids is 1. The molecule has 0 radical (unpaired) electrons. The van der Waals surface area contributed by atoms with Crippen molar-refractivity contribution < 1.29 is 38.4 Å². The second-order valence-corrected chi connectivity index (χ2v) is 7.91. The second-order valence-electron chi connectivity index (χ2n) is 7.91. The Balaban J connectivity index is 1.56. The molecule has 0 bridgehead atoms. The van der Waals surface area contributed by atoms with Gasteiger partial charge in [0.1, 0.15) is 31.0 Å². The first-order chi connectivity index (χ1) is 16.0. The SMILES string of the molecule is CC(=O)N[C@@H]1[C@@H](OCc2ccccc2)O[C@@H]2CO[C@H](c3ccccc3)O[C@@H]2[C@@H]1OCC(=O)O. The van der Waals surface area contributed by atoms with Crippen molar-refractivity contribution in [2.75, 3.05) is 13.2 Å². The average Bonchev–Trinajstić information content (AvgIpc) is 2.82. The molecular formula is C24H27NO8. The number of hydrogen-bond acceptors (Lipinski definition) is 7. The van der Waals surface area contributed by atoms with Crippen LogP contribution >= 0.6 is 0 Å². The Morgan fingerprint density at radius 3 is 2.39 bits per heavy atom. The largest absolute Gasteiger partial charge is 0.480 e. The topological polar surface area (TPSA) is 113 Å². The summed E-state index contributed by atoms with van der Waals surface area (Å²) in [4.78, 5) is 23.3. The van der Waals surface area contributed by atoms with E-state index >= 15 is 0 Å². The van der Waals surface area contributed by atoms with E-state index in [1.807, 2.05) is 60.7 Å². The zero-order valence-electron chi connectivity index (χ0n) is 18.2. The molecule has 4 rings (SSSR count). The van der Waals surface area contributed by atoms with E-state index in [1.165, 1.54) is 6.92 Å². The van der Waals surface area contributed by atoms with E-state index in [1.54, 1.807) is 0 Å². The monoisotopic (exact) mass is 457 g/mol. The maximum absolute atomic E-state index is 12.0. The summed E-state index contributed by atoms with van der Waals surface area (Å²) in [7, 11) is 0. The van der Waals surface area contributed by atoms with Crippen molar-refractivity contribution in [2.24, 2.45) is 0 Å². The van der Waals surface area contributed by atoms with Crippen molar-refractivity contribution in [3.63, 3.8) is 0 Å². The minimum atomic E-state index is -1.13. The van der Waals surface area contributed by atoms with E-state index in [-0.39, 0.29) is 19.1 Å². The summed E-state index contributed by atoms with van der Waals surface area (Å²) in [6.45, 7) is 1.23. The Kier molecular flexibility index (Phi) is 7.69. The summed E-state index contributed by atoms with van der Waals surface area (Å²) >= 11 is 0. The summed E-state index contributed by atoms with van der Waals surface area (Å²) in [5.41, 5.74) is 1.74. The van der Waals surface area contributed by atoms with Crippen LogP contribution in [0.25, 0.3) is 0 Å². The first-order valence-corrected chi connectivity index (χ1v) is 10.7. The van der Waals surface area contributed by atoms with Crippen LogP contribution in [0, 0.1) is 0 Å². The quantitative estimate of drug-likeness (QED) is 0.619. The van der Waals surface area contributed by atoms with Crippen molar-refractivity contribution in [3.8, 4) is 0 Å². The normalized spacial score (nSPS) is 29.1. The Morgan fingerprint density at radius 1 is 1.03 bits per heavy atom. The molecule has 9 nitrogen and oxygen atoms in total. The van der Waals surface area contributed by atoms with Gasteiger partial charge >= 0.3 is 5.97 Å². The molecule has 2 N–H and O–H groups in total. The van der Waals surface area contributed by atoms with Crippen LogP contribution in [0.2, 0.25) is 0 Å². The van der Waals surface area contributed by atoms with E-state index in [9.17, 15) is 14.7 Å². The van der Waals surface area contributed by atoms with Gasteiger partial charge in [-0.25, -0.2) is 4.79 Å². The Labute approximate surface area is 191 Å². The van der Waals surface area contributed by atoms with E-state index in [4.69, 9.17) is 23.7 Å². The number of aliphatic carboxylic acids is 1. The van der Waals surface area contributed by atoms with Crippen molar-refractivity contribution in [1.29, 1.82) is 0 Å². The standard InChI is InChI=1S/C24H27NO8/c1-15(26)25-20-22(29-14-19(27)28)21-18(13-31-23(33-21)17-10-6-3-7-11-17)32-24(20)30-12-16-8-4-2-5-9-16/h2-11,18,20-24H,12-14H2,1H3,(H,25,26)(H,27,28)/t18-,20+,21+,22-,23+,24+/m1/s1. The van der Waals surface area contributed by atoms with Gasteiger partial charge < -0.3 is 34.1 Å². The van der Waals surface area contributed by atoms with Crippen molar-refractivity contribution >= 4 is 11.9 Å². The van der Waals surface area contributed by atoms with Gasteiger partial charge in [0.25, 0.3) is 0 Å². The fourth-order valence-electron chi connectivity index (χ4n) is 4.00. The van der Waals surface area contributed by atoms with Gasteiger partial charge in [0.05, 0.1) is 13.2 Å². The highest BCUT2D eigenvalue weighted by molar-refractivity contribution is 5.73. The van der Waals surface area contributed by atoms with Gasteiger partial charge in [0, 0.05) is 12.5 Å². The van der Waals surface area contributed by atoms with Crippen LogP contribution in [0.15, 0.2) is 60.7 Å². The molecule has 176 valence electrons. The van der Waals surface area contributed by atoms with E-state index in [2.05, 4.69) is 5.32 Å². The Morgan fingerprint density at radius 2 is 1.73 bits per heavy atom. The van der Waals surface area contributed by atoms with Gasteiger partial charge in [-0.15, -0.1) is 0 Å². The molecule has 1 amide bonds. The molecule has 0 spiro atoms. The lowest BCUT2D eigenvalue weighted by Crippen LogP contribution is -2.67. The van der Waals surface area contributed by atoms with Crippen LogP contribution in [0.5, 0.6) is 0 Å². The Bertz CT molecular complexity index is 925. The number of ether oxygens (including phenoxy) is 5. The molecule has 2 aromatic rings. The third-order valence-electron chi connectivity index (χ3n) is 5.44. The van der Waals surface area contributed by atoms with Gasteiger partial charge in [-0.1, -0.05) is 60.7 Å². The zero-order valence-corrected chi connectivity index (χ0v) is 18.2. The van der Waals surface area contributed by atoms with E-state index in [0.717, 1.165) is 11.1 Å². The summed E-state index contributed by atoms with van der Waals surface area (Å²) < 4.78 is 29.9. The third kappa shape index (κ3) is 5.95. The average molecular weight is 457 g/mol. The molecular weight excluding hydrogens is 430 g/mol. The lowest BCUT2D eigenvalue weighted by Gasteiger charge is -2.49. The van der Waals surface area contributed by atoms with Crippen LogP contribution in [0.3, 0.4) is 0 Å². The molecule has 2 saturated heterocycles. The van der Waals surface area contributed by atoms with Crippen LogP contribution in [-0.4, -0.2) is 60.8 Å². The number of carboxylic acid groups (broad SMARTS) is 1. The summed E-state index contributed by atoms with van der Waals surface area (Å²) in [6.07, 6.45) is -3.66. The first kappa shape index (κ1) is 23.3. The smallest absolute Gasteiger partial charge is 0.329 e. The molecule has 2 aliphatic heterocycles. The molecule has 2 fully saturated rings. The maximum atomic E-state index is 12.0. The summed E-state index contributed by atoms with van der Waals surface area (Å²) in [5.74, 6) is -1.46. The van der Waals surface area contributed by atoms with Crippen molar-refractivity contribution in [1.82, 2.24) is 5.32 Å². The predicted octanol–water partition coefficient (Wildman–Crippen LogP) is 2.02. The van der Waals surface area contributed by atoms with Gasteiger partial charge in [0.2, 0.25) is 5.91 Å². The number of carbonyl (C=O) groups excluding carboxylic acids is 1. The van der Waals surface area contributed by atoms with Gasteiger partial charge in [-0.3, -0.25) is 4.79 Å². The molecule has 0 saturated carbocycles. The first-order valence-electron chi connectivity index (χ1n) is 10.7. The number of nitrogens with one attached hydrogen (secondary N) is 1. The number of amides is 1.